The van der Waals surface area contributed by atoms with E-state index in [1.165, 1.54) is 24.3 Å². The number of benzene rings is 1. The highest BCUT2D eigenvalue weighted by molar-refractivity contribution is 7.86. The lowest BCUT2D eigenvalue weighted by Crippen LogP contribution is -2.05. The van der Waals surface area contributed by atoms with Gasteiger partial charge in [-0.25, -0.2) is 0 Å². The summed E-state index contributed by atoms with van der Waals surface area (Å²) in [6, 6.07) is 6.19. The van der Waals surface area contributed by atoms with Crippen molar-refractivity contribution >= 4 is 33.0 Å². The minimum atomic E-state index is -3.51. The van der Waals surface area contributed by atoms with Gasteiger partial charge < -0.3 is 4.18 Å². The van der Waals surface area contributed by atoms with Crippen LogP contribution in [0, 0.1) is 0 Å². The summed E-state index contributed by atoms with van der Waals surface area (Å²) in [4.78, 5) is 10.4. The number of halogens is 1. The number of rotatable bonds is 4. The number of carbonyl (C=O) groups excluding carboxylic acids is 1. The van der Waals surface area contributed by atoms with Gasteiger partial charge in [-0.15, -0.1) is 0 Å². The molecule has 6 heteroatoms. The van der Waals surface area contributed by atoms with Crippen LogP contribution in [0.4, 0.5) is 0 Å². The fourth-order valence-electron chi connectivity index (χ4n) is 0.971. The van der Waals surface area contributed by atoms with Crippen molar-refractivity contribution in [1.29, 1.82) is 0 Å². The Morgan fingerprint density at radius 2 is 1.88 bits per heavy atom. The van der Waals surface area contributed by atoms with E-state index in [0.29, 0.717) is 0 Å². The third kappa shape index (κ3) is 4.95. The van der Waals surface area contributed by atoms with Crippen LogP contribution in [0.25, 0.3) is 6.08 Å². The van der Waals surface area contributed by atoms with Gasteiger partial charge in [0.2, 0.25) is 5.24 Å². The Morgan fingerprint density at radius 3 is 2.31 bits per heavy atom. The molecule has 0 atom stereocenters. The van der Waals surface area contributed by atoms with Crippen LogP contribution < -0.4 is 4.18 Å². The molecule has 0 heterocycles. The SMILES string of the molecule is CS(=O)(=O)Oc1ccc(C=CC(=O)Cl)cc1. The molecular formula is C10H9ClO4S. The normalized spacial score (nSPS) is 11.6. The summed E-state index contributed by atoms with van der Waals surface area (Å²) >= 11 is 5.12. The molecule has 0 amide bonds. The van der Waals surface area contributed by atoms with Gasteiger partial charge in [0.15, 0.2) is 0 Å². The summed E-state index contributed by atoms with van der Waals surface area (Å²) in [6.07, 6.45) is 3.68. The highest BCUT2D eigenvalue weighted by atomic mass is 35.5. The van der Waals surface area contributed by atoms with Crippen LogP contribution in [-0.2, 0) is 14.9 Å². The molecule has 0 fully saturated rings. The minimum absolute atomic E-state index is 0.219. The van der Waals surface area contributed by atoms with Crippen molar-refractivity contribution < 1.29 is 17.4 Å². The quantitative estimate of drug-likeness (QED) is 0.471. The van der Waals surface area contributed by atoms with Crippen LogP contribution in [0.5, 0.6) is 5.75 Å². The Kier molecular flexibility index (Phi) is 4.09. The first-order valence-electron chi connectivity index (χ1n) is 4.24. The maximum atomic E-state index is 10.8. The summed E-state index contributed by atoms with van der Waals surface area (Å²) in [7, 11) is -3.51. The molecule has 0 aromatic heterocycles. The van der Waals surface area contributed by atoms with Gasteiger partial charge in [0.25, 0.3) is 0 Å². The lowest BCUT2D eigenvalue weighted by atomic mass is 10.2. The van der Waals surface area contributed by atoms with E-state index in [9.17, 15) is 13.2 Å². The molecular weight excluding hydrogens is 252 g/mol. The summed E-state index contributed by atoms with van der Waals surface area (Å²) in [5.41, 5.74) is 0.717. The van der Waals surface area contributed by atoms with Crippen molar-refractivity contribution in [3.63, 3.8) is 0 Å². The highest BCUT2D eigenvalue weighted by Gasteiger charge is 2.02. The van der Waals surface area contributed by atoms with Crippen LogP contribution in [0.3, 0.4) is 0 Å². The third-order valence-electron chi connectivity index (χ3n) is 1.53. The van der Waals surface area contributed by atoms with Crippen molar-refractivity contribution in [2.24, 2.45) is 0 Å². The predicted octanol–water partition coefficient (Wildman–Crippen LogP) is 1.80. The number of allylic oxidation sites excluding steroid dienone is 1. The average molecular weight is 261 g/mol. The topological polar surface area (TPSA) is 60.4 Å². The van der Waals surface area contributed by atoms with E-state index in [1.807, 2.05) is 0 Å². The average Bonchev–Trinajstić information content (AvgIpc) is 2.14. The number of carbonyl (C=O) groups is 1. The predicted molar refractivity (Wildman–Crippen MR) is 61.8 cm³/mol. The van der Waals surface area contributed by atoms with Crippen molar-refractivity contribution in [3.05, 3.63) is 35.9 Å². The van der Waals surface area contributed by atoms with Gasteiger partial charge in [-0.2, -0.15) is 8.42 Å². The van der Waals surface area contributed by atoms with Crippen molar-refractivity contribution in [2.45, 2.75) is 0 Å². The van der Waals surface area contributed by atoms with Crippen LogP contribution >= 0.6 is 11.6 Å². The molecule has 0 saturated carbocycles. The van der Waals surface area contributed by atoms with Crippen molar-refractivity contribution in [2.75, 3.05) is 6.26 Å². The summed E-state index contributed by atoms with van der Waals surface area (Å²) in [6.45, 7) is 0. The number of hydrogen-bond donors (Lipinski definition) is 0. The second-order valence-corrected chi connectivity index (χ2v) is 4.94. The monoisotopic (exact) mass is 260 g/mol. The molecule has 0 radical (unpaired) electrons. The Bertz CT molecular complexity index is 502. The highest BCUT2D eigenvalue weighted by Crippen LogP contribution is 2.14. The Hall–Kier alpha value is -1.33. The Balaban J connectivity index is 2.79. The van der Waals surface area contributed by atoms with Crippen LogP contribution in [0.1, 0.15) is 5.56 Å². The second kappa shape index (κ2) is 5.14. The van der Waals surface area contributed by atoms with Gasteiger partial charge in [-0.3, -0.25) is 4.79 Å². The standard InChI is InChI=1S/C10H9ClO4S/c1-16(13,14)15-9-5-2-8(3-6-9)4-7-10(11)12/h2-7H,1H3. The Morgan fingerprint density at radius 1 is 1.31 bits per heavy atom. The van der Waals surface area contributed by atoms with Gasteiger partial charge in [-0.1, -0.05) is 18.2 Å². The largest absolute Gasteiger partial charge is 0.383 e. The van der Waals surface area contributed by atoms with Gasteiger partial charge in [-0.05, 0) is 35.4 Å². The summed E-state index contributed by atoms with van der Waals surface area (Å²) in [5.74, 6) is 0.219. The van der Waals surface area contributed by atoms with Crippen molar-refractivity contribution in [3.8, 4) is 5.75 Å². The zero-order chi connectivity index (χ0) is 12.2. The van der Waals surface area contributed by atoms with Gasteiger partial charge in [0.1, 0.15) is 5.75 Å². The van der Waals surface area contributed by atoms with Gasteiger partial charge in [0, 0.05) is 0 Å². The molecule has 86 valence electrons. The zero-order valence-electron chi connectivity index (χ0n) is 8.38. The lowest BCUT2D eigenvalue weighted by Gasteiger charge is -2.02. The van der Waals surface area contributed by atoms with Crippen LogP contribution in [0.2, 0.25) is 0 Å². The van der Waals surface area contributed by atoms with E-state index in [2.05, 4.69) is 4.18 Å². The van der Waals surface area contributed by atoms with Crippen LogP contribution in [-0.4, -0.2) is 19.9 Å². The summed E-state index contributed by atoms with van der Waals surface area (Å²) in [5, 5.41) is -0.573. The van der Waals surface area contributed by atoms with E-state index in [1.54, 1.807) is 12.1 Å². The molecule has 0 N–H and O–H groups in total. The van der Waals surface area contributed by atoms with E-state index >= 15 is 0 Å². The molecule has 1 aromatic rings. The fraction of sp³-hybridized carbons (Fsp3) is 0.100. The maximum absolute atomic E-state index is 10.8. The molecule has 0 aliphatic carbocycles. The molecule has 1 rings (SSSR count). The molecule has 0 saturated heterocycles. The third-order valence-corrected chi connectivity index (χ3v) is 2.16. The van der Waals surface area contributed by atoms with Crippen LogP contribution in [0.15, 0.2) is 30.3 Å². The first-order chi connectivity index (χ1) is 7.37. The lowest BCUT2D eigenvalue weighted by molar-refractivity contribution is -0.107. The fourth-order valence-corrected chi connectivity index (χ4v) is 1.49. The van der Waals surface area contributed by atoms with E-state index in [0.717, 1.165) is 11.8 Å². The smallest absolute Gasteiger partial charge is 0.306 e. The molecule has 0 spiro atoms. The molecule has 0 unspecified atom stereocenters. The molecule has 0 aliphatic rings. The zero-order valence-corrected chi connectivity index (χ0v) is 9.96. The number of hydrogen-bond acceptors (Lipinski definition) is 4. The molecule has 0 bridgehead atoms. The molecule has 1 aromatic carbocycles. The van der Waals surface area contributed by atoms with Gasteiger partial charge >= 0.3 is 10.1 Å². The maximum Gasteiger partial charge on any atom is 0.306 e. The van der Waals surface area contributed by atoms with Crippen molar-refractivity contribution in [1.82, 2.24) is 0 Å². The van der Waals surface area contributed by atoms with Gasteiger partial charge in [0.05, 0.1) is 6.26 Å². The first kappa shape index (κ1) is 12.7. The van der Waals surface area contributed by atoms with E-state index < -0.39 is 15.4 Å². The first-order valence-corrected chi connectivity index (χ1v) is 6.43. The molecule has 16 heavy (non-hydrogen) atoms. The molecule has 0 aliphatic heterocycles. The van der Waals surface area contributed by atoms with E-state index in [-0.39, 0.29) is 5.75 Å². The Labute approximate surface area is 98.6 Å². The summed E-state index contributed by atoms with van der Waals surface area (Å²) < 4.78 is 26.2. The second-order valence-electron chi connectivity index (χ2n) is 2.99. The van der Waals surface area contributed by atoms with E-state index in [4.69, 9.17) is 11.6 Å². The molecule has 4 nitrogen and oxygen atoms in total. The minimum Gasteiger partial charge on any atom is -0.383 e.